The third-order valence-corrected chi connectivity index (χ3v) is 6.10. The minimum atomic E-state index is -0.336. The number of thiophene rings is 1. The summed E-state index contributed by atoms with van der Waals surface area (Å²) < 4.78 is 6.80. The number of nitrogens with one attached hydrogen (secondary N) is 1. The molecule has 1 aliphatic rings. The van der Waals surface area contributed by atoms with Gasteiger partial charge >= 0.3 is 0 Å². The Bertz CT molecular complexity index is 956. The molecule has 1 fully saturated rings. The molecule has 3 heterocycles. The number of benzene rings is 1. The molecular formula is C20H21ClN4O2S. The number of halogens is 1. The molecule has 1 aliphatic heterocycles. The van der Waals surface area contributed by atoms with Gasteiger partial charge in [0, 0.05) is 24.5 Å². The SMILES string of the molecule is O=c1c(Cl)c(NCC(c2cccs2)N2CCOCC2)cnn1-c1ccccc1. The van der Waals surface area contributed by atoms with Crippen LogP contribution in [0.3, 0.4) is 0 Å². The molecular weight excluding hydrogens is 396 g/mol. The molecule has 0 aliphatic carbocycles. The fourth-order valence-electron chi connectivity index (χ4n) is 3.30. The van der Waals surface area contributed by atoms with Crippen molar-refractivity contribution in [2.24, 2.45) is 0 Å². The molecule has 0 bridgehead atoms. The van der Waals surface area contributed by atoms with E-state index in [1.807, 2.05) is 30.3 Å². The summed E-state index contributed by atoms with van der Waals surface area (Å²) in [5.41, 5.74) is 0.899. The van der Waals surface area contributed by atoms with E-state index in [0.717, 1.165) is 26.3 Å². The predicted molar refractivity (Wildman–Crippen MR) is 113 cm³/mol. The Morgan fingerprint density at radius 3 is 2.68 bits per heavy atom. The van der Waals surface area contributed by atoms with Crippen LogP contribution >= 0.6 is 22.9 Å². The molecule has 2 aromatic heterocycles. The van der Waals surface area contributed by atoms with Crippen molar-refractivity contribution in [2.75, 3.05) is 38.2 Å². The maximum absolute atomic E-state index is 12.7. The third-order valence-electron chi connectivity index (χ3n) is 4.76. The van der Waals surface area contributed by atoms with Gasteiger partial charge < -0.3 is 10.1 Å². The molecule has 1 saturated heterocycles. The summed E-state index contributed by atoms with van der Waals surface area (Å²) in [6, 6.07) is 13.6. The van der Waals surface area contributed by atoms with Crippen molar-refractivity contribution in [1.29, 1.82) is 0 Å². The van der Waals surface area contributed by atoms with Gasteiger partial charge in [-0.2, -0.15) is 9.78 Å². The van der Waals surface area contributed by atoms with Gasteiger partial charge in [-0.15, -0.1) is 11.3 Å². The number of para-hydroxylation sites is 1. The van der Waals surface area contributed by atoms with E-state index in [1.54, 1.807) is 17.5 Å². The van der Waals surface area contributed by atoms with E-state index in [1.165, 1.54) is 9.56 Å². The van der Waals surface area contributed by atoms with Crippen molar-refractivity contribution in [3.05, 3.63) is 74.3 Å². The second-order valence-corrected chi connectivity index (χ2v) is 7.84. The minimum Gasteiger partial charge on any atom is -0.380 e. The monoisotopic (exact) mass is 416 g/mol. The van der Waals surface area contributed by atoms with Crippen LogP contribution in [0.15, 0.2) is 58.8 Å². The zero-order chi connectivity index (χ0) is 19.3. The fourth-order valence-corrected chi connectivity index (χ4v) is 4.35. The van der Waals surface area contributed by atoms with Gasteiger partial charge in [-0.3, -0.25) is 9.69 Å². The summed E-state index contributed by atoms with van der Waals surface area (Å²) in [6.07, 6.45) is 1.61. The Morgan fingerprint density at radius 2 is 1.96 bits per heavy atom. The highest BCUT2D eigenvalue weighted by Crippen LogP contribution is 2.27. The number of rotatable bonds is 6. The topological polar surface area (TPSA) is 59.4 Å². The van der Waals surface area contributed by atoms with E-state index in [4.69, 9.17) is 16.3 Å². The van der Waals surface area contributed by atoms with Crippen LogP contribution in [-0.4, -0.2) is 47.5 Å². The summed E-state index contributed by atoms with van der Waals surface area (Å²) in [6.45, 7) is 3.86. The molecule has 0 radical (unpaired) electrons. The van der Waals surface area contributed by atoms with Crippen molar-refractivity contribution in [3.8, 4) is 5.69 Å². The first-order chi connectivity index (χ1) is 13.7. The summed E-state index contributed by atoms with van der Waals surface area (Å²) in [5.74, 6) is 0. The predicted octanol–water partition coefficient (Wildman–Crippen LogP) is 3.43. The molecule has 0 amide bonds. The lowest BCUT2D eigenvalue weighted by atomic mass is 10.2. The van der Waals surface area contributed by atoms with E-state index in [0.29, 0.717) is 17.9 Å². The number of hydrogen-bond donors (Lipinski definition) is 1. The van der Waals surface area contributed by atoms with Gasteiger partial charge in [-0.1, -0.05) is 35.9 Å². The summed E-state index contributed by atoms with van der Waals surface area (Å²) in [7, 11) is 0. The number of ether oxygens (including phenoxy) is 1. The lowest BCUT2D eigenvalue weighted by Gasteiger charge is -2.34. The van der Waals surface area contributed by atoms with Crippen LogP contribution in [0.5, 0.6) is 0 Å². The van der Waals surface area contributed by atoms with E-state index >= 15 is 0 Å². The first-order valence-corrected chi connectivity index (χ1v) is 10.4. The zero-order valence-electron chi connectivity index (χ0n) is 15.3. The number of anilines is 1. The fraction of sp³-hybridized carbons (Fsp3) is 0.300. The van der Waals surface area contributed by atoms with Crippen molar-refractivity contribution in [2.45, 2.75) is 6.04 Å². The minimum absolute atomic E-state index is 0.144. The molecule has 6 nitrogen and oxygen atoms in total. The number of morpholine rings is 1. The molecule has 28 heavy (non-hydrogen) atoms. The van der Waals surface area contributed by atoms with Gasteiger partial charge in [-0.05, 0) is 23.6 Å². The standard InChI is InChI=1S/C20H21ClN4O2S/c21-19-16(13-23-25(20(19)26)15-5-2-1-3-6-15)22-14-17(18-7-4-12-28-18)24-8-10-27-11-9-24/h1-7,12-13,17,22H,8-11,14H2. The zero-order valence-corrected chi connectivity index (χ0v) is 16.8. The summed E-state index contributed by atoms with van der Waals surface area (Å²) in [4.78, 5) is 16.3. The summed E-state index contributed by atoms with van der Waals surface area (Å²) in [5, 5.41) is 9.85. The second-order valence-electron chi connectivity index (χ2n) is 6.49. The van der Waals surface area contributed by atoms with Gasteiger partial charge in [-0.25, -0.2) is 0 Å². The highest BCUT2D eigenvalue weighted by molar-refractivity contribution is 7.10. The molecule has 4 rings (SSSR count). The smallest absolute Gasteiger partial charge is 0.292 e. The van der Waals surface area contributed by atoms with Crippen molar-refractivity contribution in [1.82, 2.24) is 14.7 Å². The lowest BCUT2D eigenvalue weighted by Crippen LogP contribution is -2.41. The van der Waals surface area contributed by atoms with E-state index < -0.39 is 0 Å². The lowest BCUT2D eigenvalue weighted by molar-refractivity contribution is 0.0194. The second kappa shape index (κ2) is 8.87. The van der Waals surface area contributed by atoms with Gasteiger partial charge in [0.2, 0.25) is 0 Å². The first kappa shape index (κ1) is 19.1. The van der Waals surface area contributed by atoms with Crippen LogP contribution in [0.1, 0.15) is 10.9 Å². The average Bonchev–Trinajstić information content (AvgIpc) is 3.27. The maximum Gasteiger partial charge on any atom is 0.292 e. The molecule has 1 atom stereocenters. The summed E-state index contributed by atoms with van der Waals surface area (Å²) >= 11 is 8.11. The highest BCUT2D eigenvalue weighted by Gasteiger charge is 2.24. The van der Waals surface area contributed by atoms with Crippen LogP contribution in [-0.2, 0) is 4.74 Å². The number of aromatic nitrogens is 2. The van der Waals surface area contributed by atoms with Crippen molar-refractivity contribution >= 4 is 28.6 Å². The van der Waals surface area contributed by atoms with Crippen LogP contribution < -0.4 is 10.9 Å². The van der Waals surface area contributed by atoms with Gasteiger partial charge in [0.05, 0.1) is 36.8 Å². The van der Waals surface area contributed by atoms with Crippen molar-refractivity contribution < 1.29 is 4.74 Å². The van der Waals surface area contributed by atoms with Gasteiger partial charge in [0.15, 0.2) is 0 Å². The molecule has 146 valence electrons. The van der Waals surface area contributed by atoms with Crippen LogP contribution in [0.4, 0.5) is 5.69 Å². The Labute approximate surface area is 172 Å². The van der Waals surface area contributed by atoms with Crippen LogP contribution in [0, 0.1) is 0 Å². The Kier molecular flexibility index (Phi) is 6.07. The molecule has 1 N–H and O–H groups in total. The molecule has 0 saturated carbocycles. The largest absolute Gasteiger partial charge is 0.380 e. The highest BCUT2D eigenvalue weighted by atomic mass is 35.5. The van der Waals surface area contributed by atoms with Crippen LogP contribution in [0.2, 0.25) is 5.02 Å². The average molecular weight is 417 g/mol. The van der Waals surface area contributed by atoms with Crippen molar-refractivity contribution in [3.63, 3.8) is 0 Å². The third kappa shape index (κ3) is 4.12. The number of hydrogen-bond acceptors (Lipinski definition) is 6. The van der Waals surface area contributed by atoms with Gasteiger partial charge in [0.1, 0.15) is 5.02 Å². The van der Waals surface area contributed by atoms with Gasteiger partial charge in [0.25, 0.3) is 5.56 Å². The van der Waals surface area contributed by atoms with E-state index in [9.17, 15) is 4.79 Å². The Balaban J connectivity index is 1.54. The quantitative estimate of drug-likeness (QED) is 0.667. The number of nitrogens with zero attached hydrogens (tertiary/aromatic N) is 3. The first-order valence-electron chi connectivity index (χ1n) is 9.16. The maximum atomic E-state index is 12.7. The molecule has 1 unspecified atom stereocenters. The van der Waals surface area contributed by atoms with E-state index in [2.05, 4.69) is 32.8 Å². The Hall–Kier alpha value is -2.19. The molecule has 3 aromatic rings. The molecule has 0 spiro atoms. The molecule has 8 heteroatoms. The van der Waals surface area contributed by atoms with Crippen LogP contribution in [0.25, 0.3) is 5.69 Å². The normalized spacial score (nSPS) is 16.0. The molecule has 1 aromatic carbocycles. The Morgan fingerprint density at radius 1 is 1.18 bits per heavy atom. The van der Waals surface area contributed by atoms with E-state index in [-0.39, 0.29) is 16.6 Å².